The van der Waals surface area contributed by atoms with Gasteiger partial charge in [-0.2, -0.15) is 0 Å². The average Bonchev–Trinajstić information content (AvgIpc) is 3.02. The molecule has 4 atom stereocenters. The molecule has 1 fully saturated rings. The van der Waals surface area contributed by atoms with Gasteiger partial charge < -0.3 is 30.4 Å². The van der Waals surface area contributed by atoms with Crippen molar-refractivity contribution in [3.8, 4) is 0 Å². The number of nitrogens with two attached hydrogens (primary N) is 2. The molecule has 1 aromatic heterocycles. The summed E-state index contributed by atoms with van der Waals surface area (Å²) >= 11 is 3.14. The van der Waals surface area contributed by atoms with Crippen molar-refractivity contribution in [2.24, 2.45) is 5.73 Å². The molecule has 1 aromatic rings. The summed E-state index contributed by atoms with van der Waals surface area (Å²) in [4.78, 5) is 49.8. The number of esters is 3. The molecule has 0 bridgehead atoms. The molecule has 4 N–H and O–H groups in total. The van der Waals surface area contributed by atoms with Crippen LogP contribution in [-0.2, 0) is 33.3 Å². The van der Waals surface area contributed by atoms with Gasteiger partial charge in [-0.3, -0.25) is 23.7 Å². The van der Waals surface area contributed by atoms with Gasteiger partial charge in [-0.25, -0.2) is 4.98 Å². The van der Waals surface area contributed by atoms with E-state index in [9.17, 15) is 19.2 Å². The molecule has 2 heterocycles. The summed E-state index contributed by atoms with van der Waals surface area (Å²) in [5.74, 6) is -2.98. The standard InChI is InChI=1S/C15H19BrN4O8/c1-5(21)25-4-8-10(26-6(2)22)11(27-7(3)23)14(28-8)20-12(17)9(13(18)24)19-15(20)16/h8,10-11,14H,4,17H2,1-3H3,(H2,18,24)/t8-,10-,11+,14-/m1/s1. The maximum Gasteiger partial charge on any atom is 0.303 e. The first-order valence-corrected chi connectivity index (χ1v) is 8.78. The van der Waals surface area contributed by atoms with Crippen LogP contribution in [0.4, 0.5) is 5.82 Å². The third kappa shape index (κ3) is 4.59. The van der Waals surface area contributed by atoms with E-state index in [1.54, 1.807) is 0 Å². The fourth-order valence-corrected chi connectivity index (χ4v) is 3.31. The Labute approximate surface area is 167 Å². The molecule has 0 saturated carbocycles. The Morgan fingerprint density at radius 1 is 1.11 bits per heavy atom. The molecule has 1 saturated heterocycles. The number of ether oxygens (including phenoxy) is 4. The molecule has 0 radical (unpaired) electrons. The van der Waals surface area contributed by atoms with E-state index in [1.807, 2.05) is 0 Å². The van der Waals surface area contributed by atoms with Crippen molar-refractivity contribution in [3.05, 3.63) is 10.4 Å². The van der Waals surface area contributed by atoms with Crippen molar-refractivity contribution in [1.29, 1.82) is 0 Å². The fourth-order valence-electron chi connectivity index (χ4n) is 2.74. The highest BCUT2D eigenvalue weighted by atomic mass is 79.9. The number of anilines is 1. The Morgan fingerprint density at radius 2 is 1.68 bits per heavy atom. The van der Waals surface area contributed by atoms with Crippen LogP contribution in [0.2, 0.25) is 0 Å². The highest BCUT2D eigenvalue weighted by Gasteiger charge is 2.51. The molecule has 2 rings (SSSR count). The van der Waals surface area contributed by atoms with Crippen molar-refractivity contribution in [1.82, 2.24) is 9.55 Å². The first-order valence-electron chi connectivity index (χ1n) is 7.99. The minimum atomic E-state index is -1.17. The van der Waals surface area contributed by atoms with Gasteiger partial charge in [-0.1, -0.05) is 0 Å². The van der Waals surface area contributed by atoms with Crippen molar-refractivity contribution >= 4 is 45.6 Å². The number of rotatable bonds is 6. The van der Waals surface area contributed by atoms with Gasteiger partial charge in [0.25, 0.3) is 5.91 Å². The van der Waals surface area contributed by atoms with Crippen LogP contribution in [0.1, 0.15) is 37.5 Å². The number of aromatic nitrogens is 2. The van der Waals surface area contributed by atoms with Crippen LogP contribution in [0.3, 0.4) is 0 Å². The molecular weight excluding hydrogens is 444 g/mol. The van der Waals surface area contributed by atoms with Gasteiger partial charge >= 0.3 is 17.9 Å². The Balaban J connectivity index is 2.48. The summed E-state index contributed by atoms with van der Waals surface area (Å²) in [6.45, 7) is 3.23. The first-order chi connectivity index (χ1) is 13.0. The number of nitrogens with zero attached hydrogens (tertiary/aromatic N) is 2. The number of halogens is 1. The molecule has 0 spiro atoms. The van der Waals surface area contributed by atoms with E-state index in [4.69, 9.17) is 30.4 Å². The summed E-state index contributed by atoms with van der Waals surface area (Å²) in [7, 11) is 0. The van der Waals surface area contributed by atoms with Gasteiger partial charge in [0.05, 0.1) is 0 Å². The highest BCUT2D eigenvalue weighted by molar-refractivity contribution is 9.10. The second-order valence-corrected chi connectivity index (χ2v) is 6.57. The molecule has 154 valence electrons. The second-order valence-electron chi connectivity index (χ2n) is 5.86. The normalized spacial score (nSPS) is 23.9. The van der Waals surface area contributed by atoms with Crippen molar-refractivity contribution in [3.63, 3.8) is 0 Å². The topological polar surface area (TPSA) is 175 Å². The average molecular weight is 463 g/mol. The number of hydrogen-bond donors (Lipinski definition) is 2. The number of nitrogen functional groups attached to an aromatic ring is 1. The Hall–Kier alpha value is -2.67. The number of primary amides is 1. The molecule has 28 heavy (non-hydrogen) atoms. The van der Waals surface area contributed by atoms with Gasteiger partial charge in [0.2, 0.25) is 0 Å². The molecular formula is C15H19BrN4O8. The smallest absolute Gasteiger partial charge is 0.303 e. The van der Waals surface area contributed by atoms with E-state index in [-0.39, 0.29) is 22.9 Å². The molecule has 0 unspecified atom stereocenters. The lowest BCUT2D eigenvalue weighted by atomic mass is 10.1. The molecule has 0 aromatic carbocycles. The van der Waals surface area contributed by atoms with Crippen molar-refractivity contribution in [2.75, 3.05) is 12.3 Å². The van der Waals surface area contributed by atoms with Crippen LogP contribution in [0.25, 0.3) is 0 Å². The summed E-state index contributed by atoms with van der Waals surface area (Å²) in [5, 5.41) is 0. The predicted molar refractivity (Wildman–Crippen MR) is 94.5 cm³/mol. The SMILES string of the molecule is CC(=O)OC[C@H]1O[C@@H](n2c(Br)nc(C(N)=O)c2N)[C@@H](OC(C)=O)[C@@H]1OC(C)=O. The fraction of sp³-hybridized carbons (Fsp3) is 0.533. The van der Waals surface area contributed by atoms with Gasteiger partial charge in [0, 0.05) is 20.8 Å². The molecule has 1 amide bonds. The van der Waals surface area contributed by atoms with E-state index in [2.05, 4.69) is 20.9 Å². The zero-order valence-electron chi connectivity index (χ0n) is 15.2. The van der Waals surface area contributed by atoms with E-state index >= 15 is 0 Å². The van der Waals surface area contributed by atoms with E-state index in [0.717, 1.165) is 13.8 Å². The maximum atomic E-state index is 11.6. The number of carbonyl (C=O) groups is 4. The first kappa shape index (κ1) is 21.6. The highest BCUT2D eigenvalue weighted by Crippen LogP contribution is 2.38. The van der Waals surface area contributed by atoms with Crippen LogP contribution in [0.5, 0.6) is 0 Å². The Morgan fingerprint density at radius 3 is 2.14 bits per heavy atom. The molecule has 0 aliphatic carbocycles. The number of imidazole rings is 1. The largest absolute Gasteiger partial charge is 0.463 e. The van der Waals surface area contributed by atoms with Gasteiger partial charge in [-0.15, -0.1) is 0 Å². The van der Waals surface area contributed by atoms with Crippen molar-refractivity contribution in [2.45, 2.75) is 45.3 Å². The molecule has 1 aliphatic heterocycles. The van der Waals surface area contributed by atoms with Gasteiger partial charge in [0.1, 0.15) is 18.5 Å². The third-order valence-corrected chi connectivity index (χ3v) is 4.29. The summed E-state index contributed by atoms with van der Waals surface area (Å²) in [6.07, 6.45) is -4.41. The minimum Gasteiger partial charge on any atom is -0.463 e. The van der Waals surface area contributed by atoms with Crippen molar-refractivity contribution < 1.29 is 38.1 Å². The van der Waals surface area contributed by atoms with Crippen LogP contribution in [0.15, 0.2) is 4.73 Å². The van der Waals surface area contributed by atoms with Crippen LogP contribution < -0.4 is 11.5 Å². The number of hydrogen-bond acceptors (Lipinski definition) is 10. The lowest BCUT2D eigenvalue weighted by molar-refractivity contribution is -0.166. The monoisotopic (exact) mass is 462 g/mol. The predicted octanol–water partition coefficient (Wildman–Crippen LogP) is -0.349. The minimum absolute atomic E-state index is 0.0654. The quantitative estimate of drug-likeness (QED) is 0.419. The van der Waals surface area contributed by atoms with Crippen LogP contribution in [-0.4, -0.2) is 58.3 Å². The zero-order chi connectivity index (χ0) is 21.2. The van der Waals surface area contributed by atoms with E-state index < -0.39 is 48.4 Å². The van der Waals surface area contributed by atoms with Gasteiger partial charge in [0.15, 0.2) is 28.9 Å². The Bertz CT molecular complexity index is 810. The van der Waals surface area contributed by atoms with Crippen LogP contribution >= 0.6 is 15.9 Å². The molecule has 13 heteroatoms. The summed E-state index contributed by atoms with van der Waals surface area (Å²) in [6, 6.07) is 0. The number of amides is 1. The Kier molecular flexibility index (Phi) is 6.61. The second kappa shape index (κ2) is 8.56. The van der Waals surface area contributed by atoms with E-state index in [1.165, 1.54) is 11.5 Å². The molecule has 1 aliphatic rings. The number of carbonyl (C=O) groups excluding carboxylic acids is 4. The lowest BCUT2D eigenvalue weighted by Crippen LogP contribution is -2.40. The van der Waals surface area contributed by atoms with E-state index in [0.29, 0.717) is 0 Å². The summed E-state index contributed by atoms with van der Waals surface area (Å²) < 4.78 is 22.6. The zero-order valence-corrected chi connectivity index (χ0v) is 16.8. The van der Waals surface area contributed by atoms with Gasteiger partial charge in [-0.05, 0) is 15.9 Å². The summed E-state index contributed by atoms with van der Waals surface area (Å²) in [5.41, 5.74) is 11.0. The maximum absolute atomic E-state index is 11.6. The van der Waals surface area contributed by atoms with Crippen LogP contribution in [0, 0.1) is 0 Å². The molecule has 12 nitrogen and oxygen atoms in total. The lowest BCUT2D eigenvalue weighted by Gasteiger charge is -2.24. The third-order valence-electron chi connectivity index (χ3n) is 3.73.